The molecule has 2 fully saturated rings. The number of nitrogens with zero attached hydrogens (tertiary/aromatic N) is 2. The third-order valence-electron chi connectivity index (χ3n) is 3.52. The highest BCUT2D eigenvalue weighted by Crippen LogP contribution is 2.25. The van der Waals surface area contributed by atoms with Crippen LogP contribution in [0.25, 0.3) is 0 Å². The molecule has 20 heavy (non-hydrogen) atoms. The second-order valence-corrected chi connectivity index (χ2v) is 4.83. The standard InChI is InChI=1S/C12H11FN4O3/c13-7-1-2-8(14-5-7)9(18)17-4-3-12(6-17)10(19)15-11(20)16-12/h1-2,5H,3-4,6H2,(H2,15,16,19,20). The zero-order chi connectivity index (χ0) is 14.3. The molecule has 104 valence electrons. The van der Waals surface area contributed by atoms with Crippen LogP contribution in [0, 0.1) is 5.82 Å². The number of hydrogen-bond acceptors (Lipinski definition) is 4. The highest BCUT2D eigenvalue weighted by atomic mass is 19.1. The van der Waals surface area contributed by atoms with Crippen LogP contribution in [0.4, 0.5) is 9.18 Å². The normalized spacial score (nSPS) is 24.9. The Morgan fingerprint density at radius 3 is 2.80 bits per heavy atom. The summed E-state index contributed by atoms with van der Waals surface area (Å²) >= 11 is 0. The molecule has 2 saturated heterocycles. The summed E-state index contributed by atoms with van der Waals surface area (Å²) in [7, 11) is 0. The van der Waals surface area contributed by atoms with Gasteiger partial charge in [-0.3, -0.25) is 14.9 Å². The van der Waals surface area contributed by atoms with Crippen molar-refractivity contribution >= 4 is 17.8 Å². The lowest BCUT2D eigenvalue weighted by Crippen LogP contribution is -2.49. The number of likely N-dealkylation sites (tertiary alicyclic amines) is 1. The number of halogens is 1. The number of urea groups is 1. The average Bonchev–Trinajstić information content (AvgIpc) is 2.95. The van der Waals surface area contributed by atoms with Crippen LogP contribution in [0.5, 0.6) is 0 Å². The number of hydrogen-bond donors (Lipinski definition) is 2. The third kappa shape index (κ3) is 1.89. The lowest BCUT2D eigenvalue weighted by Gasteiger charge is -2.20. The number of nitrogens with one attached hydrogen (secondary N) is 2. The number of imide groups is 1. The minimum Gasteiger partial charge on any atom is -0.334 e. The Labute approximate surface area is 113 Å². The molecule has 3 heterocycles. The molecule has 0 saturated carbocycles. The molecule has 0 bridgehead atoms. The van der Waals surface area contributed by atoms with Gasteiger partial charge in [-0.15, -0.1) is 0 Å². The van der Waals surface area contributed by atoms with Crippen molar-refractivity contribution in [1.29, 1.82) is 0 Å². The van der Waals surface area contributed by atoms with Gasteiger partial charge in [-0.05, 0) is 18.6 Å². The van der Waals surface area contributed by atoms with Gasteiger partial charge in [0.25, 0.3) is 11.8 Å². The van der Waals surface area contributed by atoms with Gasteiger partial charge >= 0.3 is 6.03 Å². The van der Waals surface area contributed by atoms with E-state index in [0.717, 1.165) is 12.3 Å². The van der Waals surface area contributed by atoms with Crippen LogP contribution < -0.4 is 10.6 Å². The minimum atomic E-state index is -1.05. The van der Waals surface area contributed by atoms with E-state index >= 15 is 0 Å². The fraction of sp³-hybridized carbons (Fsp3) is 0.333. The van der Waals surface area contributed by atoms with Gasteiger partial charge in [0, 0.05) is 6.54 Å². The molecule has 1 aromatic heterocycles. The van der Waals surface area contributed by atoms with Gasteiger partial charge in [0.15, 0.2) is 0 Å². The summed E-state index contributed by atoms with van der Waals surface area (Å²) in [5, 5.41) is 4.71. The van der Waals surface area contributed by atoms with Gasteiger partial charge in [-0.25, -0.2) is 14.2 Å². The number of rotatable bonds is 1. The number of aromatic nitrogens is 1. The quantitative estimate of drug-likeness (QED) is 0.687. The first kappa shape index (κ1) is 12.5. The summed E-state index contributed by atoms with van der Waals surface area (Å²) < 4.78 is 12.8. The SMILES string of the molecule is O=C1NC(=O)C2(CCN(C(=O)c3ccc(F)cn3)C2)N1. The van der Waals surface area contributed by atoms with Crippen molar-refractivity contribution in [3.8, 4) is 0 Å². The van der Waals surface area contributed by atoms with E-state index in [-0.39, 0.29) is 12.2 Å². The van der Waals surface area contributed by atoms with Gasteiger partial charge in [-0.2, -0.15) is 0 Å². The predicted molar refractivity (Wildman–Crippen MR) is 64.1 cm³/mol. The van der Waals surface area contributed by atoms with Crippen molar-refractivity contribution in [2.24, 2.45) is 0 Å². The molecule has 1 unspecified atom stereocenters. The summed E-state index contributed by atoms with van der Waals surface area (Å²) in [4.78, 5) is 40.3. The van der Waals surface area contributed by atoms with Gasteiger partial charge in [-0.1, -0.05) is 0 Å². The molecular formula is C12H11FN4O3. The first-order valence-corrected chi connectivity index (χ1v) is 6.05. The number of amides is 4. The van der Waals surface area contributed by atoms with Crippen LogP contribution in [-0.4, -0.2) is 46.4 Å². The smallest absolute Gasteiger partial charge is 0.322 e. The molecule has 1 spiro atoms. The zero-order valence-corrected chi connectivity index (χ0v) is 10.4. The van der Waals surface area contributed by atoms with Crippen molar-refractivity contribution < 1.29 is 18.8 Å². The number of carbonyl (C=O) groups excluding carboxylic acids is 3. The molecule has 0 radical (unpaired) electrons. The molecule has 2 aliphatic rings. The Morgan fingerprint density at radius 2 is 2.20 bits per heavy atom. The van der Waals surface area contributed by atoms with Crippen LogP contribution in [0.2, 0.25) is 0 Å². The van der Waals surface area contributed by atoms with Crippen LogP contribution in [0.15, 0.2) is 18.3 Å². The zero-order valence-electron chi connectivity index (χ0n) is 10.4. The summed E-state index contributed by atoms with van der Waals surface area (Å²) in [6.45, 7) is 0.411. The number of pyridine rings is 1. The maximum Gasteiger partial charge on any atom is 0.322 e. The second kappa shape index (κ2) is 4.26. The second-order valence-electron chi connectivity index (χ2n) is 4.83. The van der Waals surface area contributed by atoms with E-state index in [1.807, 2.05) is 0 Å². The Kier molecular flexibility index (Phi) is 2.66. The summed E-state index contributed by atoms with van der Waals surface area (Å²) in [6.07, 6.45) is 1.31. The highest BCUT2D eigenvalue weighted by molar-refractivity contribution is 6.08. The van der Waals surface area contributed by atoms with E-state index in [1.54, 1.807) is 0 Å². The van der Waals surface area contributed by atoms with E-state index in [0.29, 0.717) is 13.0 Å². The Morgan fingerprint density at radius 1 is 1.40 bits per heavy atom. The average molecular weight is 278 g/mol. The van der Waals surface area contributed by atoms with Crippen LogP contribution in [-0.2, 0) is 4.79 Å². The van der Waals surface area contributed by atoms with Crippen LogP contribution in [0.1, 0.15) is 16.9 Å². The molecule has 4 amide bonds. The van der Waals surface area contributed by atoms with E-state index < -0.39 is 29.2 Å². The van der Waals surface area contributed by atoms with E-state index in [2.05, 4.69) is 15.6 Å². The molecule has 1 aromatic rings. The third-order valence-corrected chi connectivity index (χ3v) is 3.52. The van der Waals surface area contributed by atoms with Crippen molar-refractivity contribution in [3.05, 3.63) is 29.8 Å². The van der Waals surface area contributed by atoms with Gasteiger partial charge in [0.2, 0.25) is 0 Å². The first-order valence-electron chi connectivity index (χ1n) is 6.05. The Balaban J connectivity index is 1.77. The molecule has 0 aromatic carbocycles. The topological polar surface area (TPSA) is 91.4 Å². The Bertz CT molecular complexity index is 603. The molecule has 0 aliphatic carbocycles. The summed E-state index contributed by atoms with van der Waals surface area (Å²) in [5.74, 6) is -1.34. The van der Waals surface area contributed by atoms with Crippen molar-refractivity contribution in [2.45, 2.75) is 12.0 Å². The fourth-order valence-corrected chi connectivity index (χ4v) is 2.46. The largest absolute Gasteiger partial charge is 0.334 e. The van der Waals surface area contributed by atoms with Crippen molar-refractivity contribution in [1.82, 2.24) is 20.5 Å². The lowest BCUT2D eigenvalue weighted by molar-refractivity contribution is -0.123. The minimum absolute atomic E-state index is 0.0858. The molecule has 7 nitrogen and oxygen atoms in total. The molecule has 2 N–H and O–H groups in total. The Hall–Kier alpha value is -2.51. The van der Waals surface area contributed by atoms with Crippen molar-refractivity contribution in [2.75, 3.05) is 13.1 Å². The van der Waals surface area contributed by atoms with Gasteiger partial charge in [0.1, 0.15) is 17.1 Å². The van der Waals surface area contributed by atoms with E-state index in [9.17, 15) is 18.8 Å². The summed E-state index contributed by atoms with van der Waals surface area (Å²) in [5.41, 5.74) is -0.944. The van der Waals surface area contributed by atoms with Crippen molar-refractivity contribution in [3.63, 3.8) is 0 Å². The van der Waals surface area contributed by atoms with Crippen LogP contribution in [0.3, 0.4) is 0 Å². The maximum absolute atomic E-state index is 12.8. The van der Waals surface area contributed by atoms with E-state index in [1.165, 1.54) is 11.0 Å². The van der Waals surface area contributed by atoms with Gasteiger partial charge < -0.3 is 10.2 Å². The highest BCUT2D eigenvalue weighted by Gasteiger charge is 2.51. The molecular weight excluding hydrogens is 267 g/mol. The monoisotopic (exact) mass is 278 g/mol. The molecule has 3 rings (SSSR count). The van der Waals surface area contributed by atoms with Crippen LogP contribution >= 0.6 is 0 Å². The molecule has 1 atom stereocenters. The predicted octanol–water partition coefficient (Wildman–Crippen LogP) is -0.355. The first-order chi connectivity index (χ1) is 9.50. The van der Waals surface area contributed by atoms with E-state index in [4.69, 9.17) is 0 Å². The molecule has 2 aliphatic heterocycles. The fourth-order valence-electron chi connectivity index (χ4n) is 2.46. The number of carbonyl (C=O) groups is 3. The maximum atomic E-state index is 12.8. The molecule has 8 heteroatoms. The summed E-state index contributed by atoms with van der Waals surface area (Å²) in [6, 6.07) is 1.88. The van der Waals surface area contributed by atoms with Gasteiger partial charge in [0.05, 0.1) is 12.7 Å². The lowest BCUT2D eigenvalue weighted by atomic mass is 9.99.